The van der Waals surface area contributed by atoms with Crippen LogP contribution in [0, 0.1) is 0 Å². The van der Waals surface area contributed by atoms with Gasteiger partial charge < -0.3 is 10.2 Å². The fourth-order valence-corrected chi connectivity index (χ4v) is 3.64. The van der Waals surface area contributed by atoms with E-state index in [1.165, 1.54) is 24.6 Å². The minimum absolute atomic E-state index is 0.0118. The highest BCUT2D eigenvalue weighted by molar-refractivity contribution is 8.00. The van der Waals surface area contributed by atoms with Gasteiger partial charge in [0.25, 0.3) is 5.91 Å². The van der Waals surface area contributed by atoms with Crippen molar-refractivity contribution < 1.29 is 18.0 Å². The molecule has 0 atom stereocenters. The van der Waals surface area contributed by atoms with Gasteiger partial charge in [-0.1, -0.05) is 18.2 Å². The molecular weight excluding hydrogens is 375 g/mol. The number of piperidine rings is 1. The lowest BCUT2D eigenvalue weighted by Gasteiger charge is -2.27. The number of nitrogens with zero attached hydrogens (tertiary/aromatic N) is 2. The van der Waals surface area contributed by atoms with E-state index >= 15 is 0 Å². The van der Waals surface area contributed by atoms with E-state index in [9.17, 15) is 18.0 Å². The molecule has 0 radical (unpaired) electrons. The van der Waals surface area contributed by atoms with Crippen LogP contribution in [0.5, 0.6) is 0 Å². The molecule has 2 aromatic rings. The predicted molar refractivity (Wildman–Crippen MR) is 99.8 cm³/mol. The van der Waals surface area contributed by atoms with Gasteiger partial charge in [0.05, 0.1) is 5.56 Å². The molecule has 1 amide bonds. The Balaban J connectivity index is 1.61. The maximum Gasteiger partial charge on any atom is 0.446 e. The van der Waals surface area contributed by atoms with Crippen molar-refractivity contribution in [3.63, 3.8) is 0 Å². The van der Waals surface area contributed by atoms with E-state index in [2.05, 4.69) is 15.2 Å². The number of hydrogen-bond acceptors (Lipinski definition) is 4. The molecule has 1 aliphatic rings. The maximum absolute atomic E-state index is 12.6. The van der Waals surface area contributed by atoms with E-state index in [4.69, 9.17) is 0 Å². The first-order chi connectivity index (χ1) is 12.9. The predicted octanol–water partition coefficient (Wildman–Crippen LogP) is 4.61. The highest BCUT2D eigenvalue weighted by Gasteiger charge is 2.31. The second-order valence-electron chi connectivity index (χ2n) is 6.30. The highest BCUT2D eigenvalue weighted by Crippen LogP contribution is 2.38. The molecule has 2 heterocycles. The van der Waals surface area contributed by atoms with Crippen LogP contribution in [0.3, 0.4) is 0 Å². The van der Waals surface area contributed by atoms with Crippen molar-refractivity contribution >= 4 is 23.5 Å². The molecule has 1 aliphatic heterocycles. The molecule has 0 aliphatic carbocycles. The van der Waals surface area contributed by atoms with Crippen molar-refractivity contribution in [3.8, 4) is 0 Å². The molecule has 3 rings (SSSR count). The summed E-state index contributed by atoms with van der Waals surface area (Å²) in [6.07, 6.45) is 5.26. The first-order valence-corrected chi connectivity index (χ1v) is 9.57. The van der Waals surface area contributed by atoms with Crippen LogP contribution in [0.2, 0.25) is 0 Å². The van der Waals surface area contributed by atoms with Crippen molar-refractivity contribution in [1.29, 1.82) is 0 Å². The Morgan fingerprint density at radius 1 is 1.11 bits per heavy atom. The summed E-state index contributed by atoms with van der Waals surface area (Å²) in [5.74, 6) is 0.374. The number of carbonyl (C=O) groups is 1. The topological polar surface area (TPSA) is 45.2 Å². The van der Waals surface area contributed by atoms with Gasteiger partial charge in [-0.05, 0) is 54.8 Å². The molecule has 1 N–H and O–H groups in total. The number of nitrogens with one attached hydrogen (secondary N) is 1. The van der Waals surface area contributed by atoms with Gasteiger partial charge >= 0.3 is 5.51 Å². The molecule has 0 saturated carbocycles. The van der Waals surface area contributed by atoms with Crippen molar-refractivity contribution in [2.24, 2.45) is 0 Å². The Kier molecular flexibility index (Phi) is 6.26. The van der Waals surface area contributed by atoms with Crippen LogP contribution in [0.25, 0.3) is 0 Å². The summed E-state index contributed by atoms with van der Waals surface area (Å²) in [7, 11) is 0. The minimum atomic E-state index is -4.44. The highest BCUT2D eigenvalue weighted by atomic mass is 32.2. The van der Waals surface area contributed by atoms with E-state index in [0.29, 0.717) is 0 Å². The zero-order valence-electron chi connectivity index (χ0n) is 14.6. The summed E-state index contributed by atoms with van der Waals surface area (Å²) in [6, 6.07) is 9.51. The molecule has 8 heteroatoms. The molecule has 0 spiro atoms. The zero-order valence-corrected chi connectivity index (χ0v) is 15.4. The standard InChI is InChI=1S/C19H20F3N3OS/c20-19(21,22)27-16-7-3-2-6-15(16)18(26)24-13-14-8-9-17(23-12-14)25-10-4-1-5-11-25/h2-3,6-9,12H,1,4-5,10-11,13H2,(H,24,26). The number of aromatic nitrogens is 1. The van der Waals surface area contributed by atoms with Crippen LogP contribution in [-0.4, -0.2) is 29.5 Å². The van der Waals surface area contributed by atoms with Gasteiger partial charge in [-0.25, -0.2) is 4.98 Å². The average molecular weight is 395 g/mol. The number of carbonyl (C=O) groups excluding carboxylic acids is 1. The molecule has 27 heavy (non-hydrogen) atoms. The molecular formula is C19H20F3N3OS. The monoisotopic (exact) mass is 395 g/mol. The third-order valence-electron chi connectivity index (χ3n) is 4.30. The third kappa shape index (κ3) is 5.63. The van der Waals surface area contributed by atoms with Crippen molar-refractivity contribution in [2.45, 2.75) is 36.2 Å². The summed E-state index contributed by atoms with van der Waals surface area (Å²) >= 11 is -0.284. The van der Waals surface area contributed by atoms with Crippen LogP contribution >= 0.6 is 11.8 Å². The Hall–Kier alpha value is -2.22. The number of thioether (sulfide) groups is 1. The number of hydrogen-bond donors (Lipinski definition) is 1. The molecule has 0 bridgehead atoms. The normalized spacial score (nSPS) is 14.9. The summed E-state index contributed by atoms with van der Waals surface area (Å²) in [5.41, 5.74) is -3.63. The van der Waals surface area contributed by atoms with E-state index in [1.807, 2.05) is 12.1 Å². The van der Waals surface area contributed by atoms with Crippen LogP contribution in [-0.2, 0) is 6.54 Å². The van der Waals surface area contributed by atoms with Gasteiger partial charge in [0.2, 0.25) is 0 Å². The smallest absolute Gasteiger partial charge is 0.357 e. The van der Waals surface area contributed by atoms with Gasteiger partial charge in [0, 0.05) is 30.7 Å². The van der Waals surface area contributed by atoms with Crippen LogP contribution in [0.4, 0.5) is 19.0 Å². The molecule has 1 aromatic heterocycles. The first-order valence-electron chi connectivity index (χ1n) is 8.75. The van der Waals surface area contributed by atoms with E-state index in [1.54, 1.807) is 12.3 Å². The van der Waals surface area contributed by atoms with Gasteiger partial charge in [-0.3, -0.25) is 4.79 Å². The molecule has 1 aromatic carbocycles. The number of benzene rings is 1. The lowest BCUT2D eigenvalue weighted by atomic mass is 10.1. The second-order valence-corrected chi connectivity index (χ2v) is 7.41. The Morgan fingerprint density at radius 2 is 1.85 bits per heavy atom. The van der Waals surface area contributed by atoms with Gasteiger partial charge in [0.15, 0.2) is 0 Å². The van der Waals surface area contributed by atoms with E-state index in [0.717, 1.165) is 37.3 Å². The number of amides is 1. The molecule has 0 unspecified atom stereocenters. The largest absolute Gasteiger partial charge is 0.446 e. The first kappa shape index (κ1) is 19.5. The Labute approximate surface area is 160 Å². The van der Waals surface area contributed by atoms with Gasteiger partial charge in [-0.15, -0.1) is 0 Å². The zero-order chi connectivity index (χ0) is 19.3. The molecule has 1 saturated heterocycles. The van der Waals surface area contributed by atoms with Crippen LogP contribution in [0.15, 0.2) is 47.5 Å². The number of anilines is 1. The molecule has 1 fully saturated rings. The van der Waals surface area contributed by atoms with Crippen molar-refractivity contribution in [2.75, 3.05) is 18.0 Å². The van der Waals surface area contributed by atoms with Crippen LogP contribution in [0.1, 0.15) is 35.2 Å². The SMILES string of the molecule is O=C(NCc1ccc(N2CCCCC2)nc1)c1ccccc1SC(F)(F)F. The number of alkyl halides is 3. The number of rotatable bonds is 5. The summed E-state index contributed by atoms with van der Waals surface area (Å²) in [5, 5.41) is 2.67. The minimum Gasteiger partial charge on any atom is -0.357 e. The average Bonchev–Trinajstić information content (AvgIpc) is 2.66. The van der Waals surface area contributed by atoms with Crippen molar-refractivity contribution in [3.05, 3.63) is 53.7 Å². The van der Waals surface area contributed by atoms with Gasteiger partial charge in [-0.2, -0.15) is 13.2 Å². The fourth-order valence-electron chi connectivity index (χ4n) is 2.98. The lowest BCUT2D eigenvalue weighted by Crippen LogP contribution is -2.30. The van der Waals surface area contributed by atoms with Crippen LogP contribution < -0.4 is 10.2 Å². The molecule has 4 nitrogen and oxygen atoms in total. The maximum atomic E-state index is 12.6. The summed E-state index contributed by atoms with van der Waals surface area (Å²) in [6.45, 7) is 2.20. The summed E-state index contributed by atoms with van der Waals surface area (Å²) < 4.78 is 37.9. The molecule has 144 valence electrons. The quantitative estimate of drug-likeness (QED) is 0.751. The van der Waals surface area contributed by atoms with Crippen molar-refractivity contribution in [1.82, 2.24) is 10.3 Å². The van der Waals surface area contributed by atoms with E-state index in [-0.39, 0.29) is 28.8 Å². The Morgan fingerprint density at radius 3 is 2.52 bits per heavy atom. The lowest BCUT2D eigenvalue weighted by molar-refractivity contribution is -0.0328. The Bertz CT molecular complexity index is 775. The number of halogens is 3. The second kappa shape index (κ2) is 8.65. The summed E-state index contributed by atoms with van der Waals surface area (Å²) in [4.78, 5) is 18.9. The number of pyridine rings is 1. The fraction of sp³-hybridized carbons (Fsp3) is 0.368. The third-order valence-corrected chi connectivity index (χ3v) is 5.11. The van der Waals surface area contributed by atoms with Gasteiger partial charge in [0.1, 0.15) is 5.82 Å². The van der Waals surface area contributed by atoms with E-state index < -0.39 is 11.4 Å².